The van der Waals surface area contributed by atoms with Crippen LogP contribution >= 0.6 is 0 Å². The molecule has 52 valence electrons. The van der Waals surface area contributed by atoms with E-state index >= 15 is 0 Å². The van der Waals surface area contributed by atoms with Crippen molar-refractivity contribution in [2.75, 3.05) is 0 Å². The van der Waals surface area contributed by atoms with Gasteiger partial charge in [0.05, 0.1) is 6.10 Å². The van der Waals surface area contributed by atoms with Crippen molar-refractivity contribution in [1.82, 2.24) is 0 Å². The molecule has 9 heavy (non-hydrogen) atoms. The molecule has 2 aliphatic rings. The van der Waals surface area contributed by atoms with Gasteiger partial charge in [0.1, 0.15) is 0 Å². The van der Waals surface area contributed by atoms with Crippen LogP contribution in [0.25, 0.3) is 0 Å². The van der Waals surface area contributed by atoms with Gasteiger partial charge in [-0.3, -0.25) is 0 Å². The van der Waals surface area contributed by atoms with Crippen LogP contribution in [0, 0.1) is 11.8 Å². The fourth-order valence-corrected chi connectivity index (χ4v) is 2.53. The summed E-state index contributed by atoms with van der Waals surface area (Å²) in [6.07, 6.45) is 6.50. The van der Waals surface area contributed by atoms with E-state index in [0.717, 1.165) is 12.3 Å². The van der Waals surface area contributed by atoms with Crippen LogP contribution in [0.2, 0.25) is 0 Å². The molecule has 2 rings (SSSR count). The molecule has 2 aliphatic carbocycles. The van der Waals surface area contributed by atoms with Gasteiger partial charge in [-0.15, -0.1) is 0 Å². The van der Waals surface area contributed by atoms with Crippen molar-refractivity contribution in [2.45, 2.75) is 38.2 Å². The highest BCUT2D eigenvalue weighted by Crippen LogP contribution is 2.43. The first-order chi connectivity index (χ1) is 4.38. The van der Waals surface area contributed by atoms with Crippen LogP contribution in [-0.2, 0) is 0 Å². The Hall–Kier alpha value is -0.0400. The van der Waals surface area contributed by atoms with Crippen LogP contribution in [0.3, 0.4) is 0 Å². The van der Waals surface area contributed by atoms with Gasteiger partial charge in [-0.05, 0) is 31.1 Å². The lowest BCUT2D eigenvalue weighted by Crippen LogP contribution is -2.13. The topological polar surface area (TPSA) is 20.2 Å². The van der Waals surface area contributed by atoms with Crippen LogP contribution in [-0.4, -0.2) is 11.2 Å². The van der Waals surface area contributed by atoms with Crippen molar-refractivity contribution in [3.8, 4) is 0 Å². The standard InChI is InChI=1S/C8H14O/c9-8-5-4-6-2-1-3-7(6)8/h6-9H,1-5H2/t6-,7-,8?/m1/s1. The van der Waals surface area contributed by atoms with E-state index in [1.165, 1.54) is 25.7 Å². The molecule has 0 heterocycles. The zero-order valence-electron chi connectivity index (χ0n) is 5.71. The predicted octanol–water partition coefficient (Wildman–Crippen LogP) is 1.56. The van der Waals surface area contributed by atoms with Gasteiger partial charge in [-0.2, -0.15) is 0 Å². The molecule has 1 heteroatoms. The average Bonchev–Trinajstić information content (AvgIpc) is 2.35. The maximum Gasteiger partial charge on any atom is 0.0571 e. The number of rotatable bonds is 0. The quantitative estimate of drug-likeness (QED) is 0.522. The normalized spacial score (nSPS) is 49.7. The number of aliphatic hydroxyl groups is 1. The summed E-state index contributed by atoms with van der Waals surface area (Å²) >= 11 is 0. The Morgan fingerprint density at radius 1 is 1.00 bits per heavy atom. The SMILES string of the molecule is OC1CC[C@H]2CCC[C@@H]12. The zero-order chi connectivity index (χ0) is 6.27. The van der Waals surface area contributed by atoms with Gasteiger partial charge >= 0.3 is 0 Å². The molecule has 0 aromatic rings. The Labute approximate surface area is 56.1 Å². The molecule has 1 N–H and O–H groups in total. The van der Waals surface area contributed by atoms with Crippen LogP contribution in [0.5, 0.6) is 0 Å². The summed E-state index contributed by atoms with van der Waals surface area (Å²) in [5.41, 5.74) is 0. The summed E-state index contributed by atoms with van der Waals surface area (Å²) in [6.45, 7) is 0. The zero-order valence-corrected chi connectivity index (χ0v) is 5.71. The van der Waals surface area contributed by atoms with Crippen molar-refractivity contribution in [3.05, 3.63) is 0 Å². The number of hydrogen-bond acceptors (Lipinski definition) is 1. The van der Waals surface area contributed by atoms with Gasteiger partial charge < -0.3 is 5.11 Å². The second kappa shape index (κ2) is 1.98. The van der Waals surface area contributed by atoms with Crippen molar-refractivity contribution in [1.29, 1.82) is 0 Å². The summed E-state index contributed by atoms with van der Waals surface area (Å²) in [5, 5.41) is 9.40. The van der Waals surface area contributed by atoms with Gasteiger partial charge in [0.15, 0.2) is 0 Å². The second-order valence-electron chi connectivity index (χ2n) is 3.50. The summed E-state index contributed by atoms with van der Waals surface area (Å²) in [7, 11) is 0. The van der Waals surface area contributed by atoms with Gasteiger partial charge in [-0.25, -0.2) is 0 Å². The predicted molar refractivity (Wildman–Crippen MR) is 36.1 cm³/mol. The maximum absolute atomic E-state index is 9.40. The third kappa shape index (κ3) is 0.787. The molecule has 0 aliphatic heterocycles. The fraction of sp³-hybridized carbons (Fsp3) is 1.00. The number of aliphatic hydroxyl groups excluding tert-OH is 1. The molecule has 0 bridgehead atoms. The third-order valence-corrected chi connectivity index (χ3v) is 3.05. The molecule has 2 saturated carbocycles. The molecule has 1 unspecified atom stereocenters. The second-order valence-corrected chi connectivity index (χ2v) is 3.50. The molecule has 0 aromatic heterocycles. The van der Waals surface area contributed by atoms with Crippen LogP contribution in [0.15, 0.2) is 0 Å². The van der Waals surface area contributed by atoms with E-state index in [1.807, 2.05) is 0 Å². The Morgan fingerprint density at radius 2 is 1.89 bits per heavy atom. The lowest BCUT2D eigenvalue weighted by Gasteiger charge is -2.10. The lowest BCUT2D eigenvalue weighted by atomic mass is 9.99. The van der Waals surface area contributed by atoms with Gasteiger partial charge in [0.25, 0.3) is 0 Å². The molecule has 0 amide bonds. The highest BCUT2D eigenvalue weighted by molar-refractivity contribution is 4.88. The first kappa shape index (κ1) is 5.72. The number of hydrogen-bond donors (Lipinski definition) is 1. The van der Waals surface area contributed by atoms with E-state index in [2.05, 4.69) is 0 Å². The Morgan fingerprint density at radius 3 is 2.67 bits per heavy atom. The number of fused-ring (bicyclic) bond motifs is 1. The Kier molecular flexibility index (Phi) is 1.26. The Balaban J connectivity index is 2.07. The first-order valence-corrected chi connectivity index (χ1v) is 4.06. The van der Waals surface area contributed by atoms with Gasteiger partial charge in [0, 0.05) is 0 Å². The largest absolute Gasteiger partial charge is 0.393 e. The molecule has 0 radical (unpaired) electrons. The molecule has 0 spiro atoms. The monoisotopic (exact) mass is 126 g/mol. The molecule has 2 fully saturated rings. The lowest BCUT2D eigenvalue weighted by molar-refractivity contribution is 0.126. The van der Waals surface area contributed by atoms with E-state index in [1.54, 1.807) is 0 Å². The molecule has 0 aromatic carbocycles. The minimum atomic E-state index is 0.0671. The summed E-state index contributed by atoms with van der Waals surface area (Å²) in [4.78, 5) is 0. The van der Waals surface area contributed by atoms with E-state index < -0.39 is 0 Å². The van der Waals surface area contributed by atoms with Gasteiger partial charge in [0.2, 0.25) is 0 Å². The van der Waals surface area contributed by atoms with Crippen LogP contribution in [0.1, 0.15) is 32.1 Å². The van der Waals surface area contributed by atoms with Gasteiger partial charge in [-0.1, -0.05) is 12.8 Å². The highest BCUT2D eigenvalue weighted by atomic mass is 16.3. The van der Waals surface area contributed by atoms with E-state index in [0.29, 0.717) is 5.92 Å². The molecule has 0 saturated heterocycles. The summed E-state index contributed by atoms with van der Waals surface area (Å²) in [6, 6.07) is 0. The minimum Gasteiger partial charge on any atom is -0.393 e. The average molecular weight is 126 g/mol. The molecule has 3 atom stereocenters. The summed E-state index contributed by atoms with van der Waals surface area (Å²) in [5.74, 6) is 1.60. The molecular formula is C8H14O. The molecule has 1 nitrogen and oxygen atoms in total. The maximum atomic E-state index is 9.40. The van der Waals surface area contributed by atoms with Crippen molar-refractivity contribution >= 4 is 0 Å². The van der Waals surface area contributed by atoms with Crippen LogP contribution in [0.4, 0.5) is 0 Å². The molecular weight excluding hydrogens is 112 g/mol. The van der Waals surface area contributed by atoms with E-state index in [4.69, 9.17) is 0 Å². The highest BCUT2D eigenvalue weighted by Gasteiger charge is 2.37. The Bertz CT molecular complexity index is 111. The third-order valence-electron chi connectivity index (χ3n) is 3.05. The summed E-state index contributed by atoms with van der Waals surface area (Å²) < 4.78 is 0. The van der Waals surface area contributed by atoms with Crippen molar-refractivity contribution in [3.63, 3.8) is 0 Å². The fourth-order valence-electron chi connectivity index (χ4n) is 2.53. The van der Waals surface area contributed by atoms with Crippen LogP contribution < -0.4 is 0 Å². The van der Waals surface area contributed by atoms with E-state index in [-0.39, 0.29) is 6.10 Å². The van der Waals surface area contributed by atoms with Crippen molar-refractivity contribution in [2.24, 2.45) is 11.8 Å². The first-order valence-electron chi connectivity index (χ1n) is 4.06. The van der Waals surface area contributed by atoms with E-state index in [9.17, 15) is 5.11 Å². The smallest absolute Gasteiger partial charge is 0.0571 e. The van der Waals surface area contributed by atoms with Crippen molar-refractivity contribution < 1.29 is 5.11 Å². The minimum absolute atomic E-state index is 0.0671.